The van der Waals surface area contributed by atoms with E-state index in [-0.39, 0.29) is 5.91 Å². The van der Waals surface area contributed by atoms with Crippen LogP contribution < -0.4 is 10.1 Å². The molecule has 142 valence electrons. The van der Waals surface area contributed by atoms with Crippen molar-refractivity contribution in [2.75, 3.05) is 25.5 Å². The Morgan fingerprint density at radius 3 is 2.85 bits per heavy atom. The highest BCUT2D eigenvalue weighted by Crippen LogP contribution is 2.23. The zero-order valence-electron chi connectivity index (χ0n) is 16.2. The van der Waals surface area contributed by atoms with E-state index in [4.69, 9.17) is 4.74 Å². The number of para-hydroxylation sites is 2. The molecule has 0 unspecified atom stereocenters. The van der Waals surface area contributed by atoms with Crippen LogP contribution in [0, 0.1) is 6.92 Å². The highest BCUT2D eigenvalue weighted by atomic mass is 16.5. The van der Waals surface area contributed by atoms with E-state index >= 15 is 0 Å². The molecule has 0 saturated carbocycles. The summed E-state index contributed by atoms with van der Waals surface area (Å²) in [6.45, 7) is 5.71. The largest absolute Gasteiger partial charge is 0.495 e. The number of nitrogens with zero attached hydrogens (tertiary/aromatic N) is 4. The van der Waals surface area contributed by atoms with Crippen LogP contribution in [-0.4, -0.2) is 45.8 Å². The van der Waals surface area contributed by atoms with Gasteiger partial charge in [-0.2, -0.15) is 5.10 Å². The monoisotopic (exact) mass is 367 g/mol. The molecule has 0 fully saturated rings. The molecule has 7 heteroatoms. The second-order valence-electron chi connectivity index (χ2n) is 6.48. The van der Waals surface area contributed by atoms with E-state index in [0.717, 1.165) is 28.8 Å². The molecule has 0 aliphatic carbocycles. The number of amides is 1. The van der Waals surface area contributed by atoms with Crippen LogP contribution >= 0.6 is 0 Å². The number of aromatic nitrogens is 3. The molecule has 1 amide bonds. The fourth-order valence-electron chi connectivity index (χ4n) is 3.12. The normalized spacial score (nSPS) is 11.1. The molecule has 0 radical (unpaired) electrons. The number of nitrogens with one attached hydrogen (secondary N) is 1. The molecule has 0 atom stereocenters. The molecule has 27 heavy (non-hydrogen) atoms. The van der Waals surface area contributed by atoms with Gasteiger partial charge in [-0.05, 0) is 37.2 Å². The van der Waals surface area contributed by atoms with Gasteiger partial charge in [0.1, 0.15) is 5.75 Å². The molecule has 0 saturated heterocycles. The lowest BCUT2D eigenvalue weighted by molar-refractivity contribution is -0.117. The average molecular weight is 367 g/mol. The number of hydrogen-bond acceptors (Lipinski definition) is 5. The van der Waals surface area contributed by atoms with Gasteiger partial charge in [0.2, 0.25) is 5.91 Å². The fraction of sp³-hybridized carbons (Fsp3) is 0.350. The first-order valence-electron chi connectivity index (χ1n) is 8.95. The number of ether oxygens (including phenoxy) is 1. The summed E-state index contributed by atoms with van der Waals surface area (Å²) < 4.78 is 7.07. The van der Waals surface area contributed by atoms with Crippen LogP contribution in [0.25, 0.3) is 11.0 Å². The van der Waals surface area contributed by atoms with E-state index < -0.39 is 0 Å². The van der Waals surface area contributed by atoms with E-state index in [9.17, 15) is 4.79 Å². The molecular formula is C20H25N5O2. The Kier molecular flexibility index (Phi) is 5.71. The minimum atomic E-state index is -0.0760. The predicted molar refractivity (Wildman–Crippen MR) is 106 cm³/mol. The first-order chi connectivity index (χ1) is 13.0. The zero-order chi connectivity index (χ0) is 19.4. The number of anilines is 1. The Balaban J connectivity index is 1.68. The standard InChI is InChI=1S/C20H25N5O2/c1-5-25(13-19(26)22-17-8-6-7-9-18(17)27-4)12-15-10-16-14(2)23-24(3)20(16)21-11-15/h6-11H,5,12-13H2,1-4H3,(H,22,26). The van der Waals surface area contributed by atoms with Gasteiger partial charge in [-0.15, -0.1) is 0 Å². The number of hydrogen-bond donors (Lipinski definition) is 1. The number of carbonyl (C=O) groups excluding carboxylic acids is 1. The van der Waals surface area contributed by atoms with Crippen molar-refractivity contribution >= 4 is 22.6 Å². The predicted octanol–water partition coefficient (Wildman–Crippen LogP) is 2.75. The van der Waals surface area contributed by atoms with Crippen molar-refractivity contribution in [1.29, 1.82) is 0 Å². The highest BCUT2D eigenvalue weighted by molar-refractivity contribution is 5.93. The number of rotatable bonds is 7. The molecule has 7 nitrogen and oxygen atoms in total. The third kappa shape index (κ3) is 4.25. The van der Waals surface area contributed by atoms with E-state index in [1.807, 2.05) is 51.4 Å². The van der Waals surface area contributed by atoms with Gasteiger partial charge in [-0.3, -0.25) is 14.4 Å². The summed E-state index contributed by atoms with van der Waals surface area (Å²) in [6.07, 6.45) is 1.85. The SMILES string of the molecule is CCN(CC(=O)Nc1ccccc1OC)Cc1cnc2c(c1)c(C)nn2C. The summed E-state index contributed by atoms with van der Waals surface area (Å²) in [6, 6.07) is 9.50. The first kappa shape index (κ1) is 18.8. The third-order valence-electron chi connectivity index (χ3n) is 4.52. The number of fused-ring (bicyclic) bond motifs is 1. The van der Waals surface area contributed by atoms with Crippen molar-refractivity contribution in [1.82, 2.24) is 19.7 Å². The van der Waals surface area contributed by atoms with Crippen molar-refractivity contribution in [3.8, 4) is 5.75 Å². The van der Waals surface area contributed by atoms with Crippen LogP contribution in [0.15, 0.2) is 36.5 Å². The molecule has 0 aliphatic heterocycles. The maximum absolute atomic E-state index is 12.5. The number of methoxy groups -OCH3 is 1. The van der Waals surface area contributed by atoms with Crippen molar-refractivity contribution < 1.29 is 9.53 Å². The van der Waals surface area contributed by atoms with Gasteiger partial charge < -0.3 is 10.1 Å². The Morgan fingerprint density at radius 2 is 2.11 bits per heavy atom. The Morgan fingerprint density at radius 1 is 1.33 bits per heavy atom. The van der Waals surface area contributed by atoms with Crippen LogP contribution in [-0.2, 0) is 18.4 Å². The summed E-state index contributed by atoms with van der Waals surface area (Å²) in [5, 5.41) is 8.37. The summed E-state index contributed by atoms with van der Waals surface area (Å²) in [5.41, 5.74) is 3.56. The zero-order valence-corrected chi connectivity index (χ0v) is 16.2. The van der Waals surface area contributed by atoms with E-state index in [1.165, 1.54) is 0 Å². The topological polar surface area (TPSA) is 72.3 Å². The van der Waals surface area contributed by atoms with Gasteiger partial charge in [0.25, 0.3) is 0 Å². The van der Waals surface area contributed by atoms with Crippen LogP contribution in [0.2, 0.25) is 0 Å². The van der Waals surface area contributed by atoms with Crippen molar-refractivity contribution in [2.24, 2.45) is 7.05 Å². The molecule has 1 aromatic carbocycles. The molecule has 0 spiro atoms. The molecule has 0 bridgehead atoms. The molecule has 1 N–H and O–H groups in total. The van der Waals surface area contributed by atoms with Crippen LogP contribution in [0.5, 0.6) is 5.75 Å². The summed E-state index contributed by atoms with van der Waals surface area (Å²) in [7, 11) is 3.48. The Labute approximate surface area is 159 Å². The van der Waals surface area contributed by atoms with Gasteiger partial charge >= 0.3 is 0 Å². The van der Waals surface area contributed by atoms with Gasteiger partial charge in [0.05, 0.1) is 25.0 Å². The van der Waals surface area contributed by atoms with Gasteiger partial charge in [-0.1, -0.05) is 19.1 Å². The molecule has 2 aromatic heterocycles. The lowest BCUT2D eigenvalue weighted by Gasteiger charge is -2.20. The highest BCUT2D eigenvalue weighted by Gasteiger charge is 2.13. The van der Waals surface area contributed by atoms with E-state index in [0.29, 0.717) is 24.5 Å². The van der Waals surface area contributed by atoms with E-state index in [2.05, 4.69) is 26.4 Å². The van der Waals surface area contributed by atoms with Gasteiger partial charge in [0.15, 0.2) is 5.65 Å². The maximum atomic E-state index is 12.5. The quantitative estimate of drug-likeness (QED) is 0.695. The molecule has 3 aromatic rings. The summed E-state index contributed by atoms with van der Waals surface area (Å²) >= 11 is 0. The summed E-state index contributed by atoms with van der Waals surface area (Å²) in [4.78, 5) is 19.1. The molecule has 2 heterocycles. The lowest BCUT2D eigenvalue weighted by atomic mass is 10.2. The van der Waals surface area contributed by atoms with E-state index in [1.54, 1.807) is 11.8 Å². The van der Waals surface area contributed by atoms with Crippen molar-refractivity contribution in [3.63, 3.8) is 0 Å². The van der Waals surface area contributed by atoms with Crippen LogP contribution in [0.3, 0.4) is 0 Å². The number of aryl methyl sites for hydroxylation is 2. The van der Waals surface area contributed by atoms with Crippen molar-refractivity contribution in [3.05, 3.63) is 47.8 Å². The van der Waals surface area contributed by atoms with Crippen molar-refractivity contribution in [2.45, 2.75) is 20.4 Å². The fourth-order valence-corrected chi connectivity index (χ4v) is 3.12. The van der Waals surface area contributed by atoms with Gasteiger partial charge in [0, 0.05) is 25.2 Å². The summed E-state index contributed by atoms with van der Waals surface area (Å²) in [5.74, 6) is 0.573. The van der Waals surface area contributed by atoms with Crippen LogP contribution in [0.4, 0.5) is 5.69 Å². The smallest absolute Gasteiger partial charge is 0.238 e. The first-order valence-corrected chi connectivity index (χ1v) is 8.95. The molecule has 3 rings (SSSR count). The second kappa shape index (κ2) is 8.18. The molecular weight excluding hydrogens is 342 g/mol. The third-order valence-corrected chi connectivity index (χ3v) is 4.52. The average Bonchev–Trinajstić information content (AvgIpc) is 2.95. The Bertz CT molecular complexity index is 951. The second-order valence-corrected chi connectivity index (χ2v) is 6.48. The Hall–Kier alpha value is -2.93. The minimum absolute atomic E-state index is 0.0760. The van der Waals surface area contributed by atoms with Crippen LogP contribution in [0.1, 0.15) is 18.2 Å². The van der Waals surface area contributed by atoms with Gasteiger partial charge in [-0.25, -0.2) is 4.98 Å². The number of carbonyl (C=O) groups is 1. The minimum Gasteiger partial charge on any atom is -0.495 e. The molecule has 0 aliphatic rings. The maximum Gasteiger partial charge on any atom is 0.238 e. The number of likely N-dealkylation sites (N-methyl/N-ethyl adjacent to an activating group) is 1. The number of benzene rings is 1. The number of pyridine rings is 1. The lowest BCUT2D eigenvalue weighted by Crippen LogP contribution is -2.32.